The zero-order valence-electron chi connectivity index (χ0n) is 17.8. The maximum atomic E-state index is 5.56. The molecule has 0 bridgehead atoms. The van der Waals surface area contributed by atoms with Crippen molar-refractivity contribution >= 4 is 46.2 Å². The molecule has 3 rings (SSSR count). The Labute approximate surface area is 195 Å². The number of hydrogen-bond acceptors (Lipinski definition) is 5. The van der Waals surface area contributed by atoms with Crippen LogP contribution in [0.2, 0.25) is 0 Å². The minimum Gasteiger partial charge on any atom is -0.379 e. The molecule has 1 atom stereocenters. The molecule has 0 saturated carbocycles. The van der Waals surface area contributed by atoms with Crippen LogP contribution in [0.3, 0.4) is 0 Å². The van der Waals surface area contributed by atoms with Crippen molar-refractivity contribution in [2.24, 2.45) is 10.9 Å². The van der Waals surface area contributed by atoms with Gasteiger partial charge in [0, 0.05) is 50.0 Å². The summed E-state index contributed by atoms with van der Waals surface area (Å²) < 4.78 is 7.61. The van der Waals surface area contributed by atoms with Crippen molar-refractivity contribution in [1.82, 2.24) is 24.9 Å². The average molecular weight is 535 g/mol. The zero-order chi connectivity index (χ0) is 19.8. The fraction of sp³-hybridized carbons (Fsp3) is 0.700. The van der Waals surface area contributed by atoms with Crippen LogP contribution in [0.1, 0.15) is 39.3 Å². The fourth-order valence-electron chi connectivity index (χ4n) is 3.89. The van der Waals surface area contributed by atoms with Crippen LogP contribution in [-0.2, 0) is 11.3 Å². The highest BCUT2D eigenvalue weighted by Crippen LogP contribution is 2.19. The summed E-state index contributed by atoms with van der Waals surface area (Å²) in [5.74, 6) is 1.54. The third-order valence-electron chi connectivity index (χ3n) is 5.47. The van der Waals surface area contributed by atoms with Crippen LogP contribution in [0, 0.1) is 5.92 Å². The summed E-state index contributed by atoms with van der Waals surface area (Å²) in [6.07, 6.45) is 6.48. The predicted molar refractivity (Wildman–Crippen MR) is 132 cm³/mol. The fourth-order valence-corrected chi connectivity index (χ4v) is 4.61. The molecule has 1 saturated heterocycles. The van der Waals surface area contributed by atoms with Crippen LogP contribution in [0.5, 0.6) is 0 Å². The first-order valence-electron chi connectivity index (χ1n) is 10.5. The molecule has 1 aliphatic heterocycles. The molecule has 164 valence electrons. The van der Waals surface area contributed by atoms with E-state index in [1.165, 1.54) is 12.8 Å². The van der Waals surface area contributed by atoms with Gasteiger partial charge in [-0.25, -0.2) is 9.98 Å². The van der Waals surface area contributed by atoms with Crippen molar-refractivity contribution in [1.29, 1.82) is 0 Å². The number of halogens is 1. The lowest BCUT2D eigenvalue weighted by atomic mass is 9.92. The van der Waals surface area contributed by atoms with Gasteiger partial charge >= 0.3 is 0 Å². The Hall–Kier alpha value is -0.910. The second kappa shape index (κ2) is 12.7. The highest BCUT2D eigenvalue weighted by Gasteiger charge is 2.27. The summed E-state index contributed by atoms with van der Waals surface area (Å²) >= 11 is 1.65. The van der Waals surface area contributed by atoms with Crippen LogP contribution in [0.4, 0.5) is 0 Å². The van der Waals surface area contributed by atoms with Gasteiger partial charge in [-0.2, -0.15) is 0 Å². The Kier molecular flexibility index (Phi) is 10.7. The topological polar surface area (TPSA) is 66.2 Å². The first-order chi connectivity index (χ1) is 13.7. The summed E-state index contributed by atoms with van der Waals surface area (Å²) in [4.78, 5) is 13.0. The number of rotatable bonds is 9. The summed E-state index contributed by atoms with van der Waals surface area (Å²) in [5, 5.41) is 9.01. The molecule has 0 radical (unpaired) electrons. The standard InChI is InChI=1S/C20H34N6OS.HI/c1-4-16(5-2)18(25-7-10-27-11-8-25)14-23-19(21-6-3)22-13-17-15-26-9-12-28-20(26)24-17;/h9,12,15-16,18H,4-8,10-11,13-14H2,1-3H3,(H2,21,22,23);1H. The molecule has 0 amide bonds. The van der Waals surface area contributed by atoms with Crippen molar-refractivity contribution < 1.29 is 4.74 Å². The van der Waals surface area contributed by atoms with Crippen molar-refractivity contribution in [3.8, 4) is 0 Å². The first kappa shape index (κ1) is 24.4. The van der Waals surface area contributed by atoms with Crippen molar-refractivity contribution in [3.05, 3.63) is 23.5 Å². The number of morpholine rings is 1. The monoisotopic (exact) mass is 534 g/mol. The van der Waals surface area contributed by atoms with Gasteiger partial charge in [0.15, 0.2) is 10.9 Å². The van der Waals surface area contributed by atoms with Crippen LogP contribution in [0.25, 0.3) is 4.96 Å². The maximum absolute atomic E-state index is 5.56. The molecule has 29 heavy (non-hydrogen) atoms. The number of aliphatic imine (C=N–C) groups is 1. The molecule has 7 nitrogen and oxygen atoms in total. The van der Waals surface area contributed by atoms with E-state index in [0.29, 0.717) is 18.5 Å². The maximum Gasteiger partial charge on any atom is 0.193 e. The van der Waals surface area contributed by atoms with Gasteiger partial charge in [0.25, 0.3) is 0 Å². The summed E-state index contributed by atoms with van der Waals surface area (Å²) in [7, 11) is 0. The highest BCUT2D eigenvalue weighted by atomic mass is 127. The molecule has 2 aromatic heterocycles. The summed E-state index contributed by atoms with van der Waals surface area (Å²) in [5.41, 5.74) is 0.994. The number of hydrogen-bond donors (Lipinski definition) is 2. The van der Waals surface area contributed by atoms with E-state index in [9.17, 15) is 0 Å². The van der Waals surface area contributed by atoms with E-state index in [0.717, 1.165) is 56.0 Å². The molecule has 0 spiro atoms. The Morgan fingerprint density at radius 2 is 2.00 bits per heavy atom. The van der Waals surface area contributed by atoms with Gasteiger partial charge in [-0.1, -0.05) is 26.7 Å². The number of imidazole rings is 1. The molecular weight excluding hydrogens is 499 g/mol. The lowest BCUT2D eigenvalue weighted by molar-refractivity contribution is 0.00272. The SMILES string of the molecule is CCNC(=NCc1cn2ccsc2n1)NCC(C(CC)CC)N1CCOCC1.I. The van der Waals surface area contributed by atoms with Crippen molar-refractivity contribution in [3.63, 3.8) is 0 Å². The molecule has 0 aliphatic carbocycles. The van der Waals surface area contributed by atoms with E-state index in [4.69, 9.17) is 9.73 Å². The van der Waals surface area contributed by atoms with Crippen LogP contribution in [-0.4, -0.2) is 65.7 Å². The third kappa shape index (κ3) is 6.80. The number of fused-ring (bicyclic) bond motifs is 1. The third-order valence-corrected chi connectivity index (χ3v) is 6.24. The van der Waals surface area contributed by atoms with E-state index >= 15 is 0 Å². The molecule has 1 fully saturated rings. The predicted octanol–water partition coefficient (Wildman–Crippen LogP) is 3.21. The van der Waals surface area contributed by atoms with Gasteiger partial charge in [-0.3, -0.25) is 9.30 Å². The molecule has 2 N–H and O–H groups in total. The van der Waals surface area contributed by atoms with E-state index < -0.39 is 0 Å². The molecule has 2 aromatic rings. The zero-order valence-corrected chi connectivity index (χ0v) is 20.9. The Balaban J connectivity index is 0.00000300. The van der Waals surface area contributed by atoms with Gasteiger partial charge in [-0.15, -0.1) is 35.3 Å². The second-order valence-corrected chi connectivity index (χ2v) is 8.07. The van der Waals surface area contributed by atoms with Crippen LogP contribution < -0.4 is 10.6 Å². The highest BCUT2D eigenvalue weighted by molar-refractivity contribution is 14.0. The quantitative estimate of drug-likeness (QED) is 0.294. The second-order valence-electron chi connectivity index (χ2n) is 7.19. The van der Waals surface area contributed by atoms with Gasteiger partial charge in [0.1, 0.15) is 0 Å². The molecule has 1 aliphatic rings. The number of thiazole rings is 1. The number of aromatic nitrogens is 2. The number of ether oxygens (including phenoxy) is 1. The normalized spacial score (nSPS) is 16.8. The van der Waals surface area contributed by atoms with E-state index in [2.05, 4.69) is 51.9 Å². The number of guanidine groups is 1. The Morgan fingerprint density at radius 1 is 1.24 bits per heavy atom. The van der Waals surface area contributed by atoms with Crippen LogP contribution in [0.15, 0.2) is 22.8 Å². The lowest BCUT2D eigenvalue weighted by Gasteiger charge is -2.39. The Bertz CT molecular complexity index is 710. The minimum absolute atomic E-state index is 0. The smallest absolute Gasteiger partial charge is 0.193 e. The van der Waals surface area contributed by atoms with E-state index in [1.807, 2.05) is 11.6 Å². The lowest BCUT2D eigenvalue weighted by Crippen LogP contribution is -2.53. The van der Waals surface area contributed by atoms with Gasteiger partial charge in [0.2, 0.25) is 0 Å². The van der Waals surface area contributed by atoms with Crippen molar-refractivity contribution in [2.75, 3.05) is 39.4 Å². The molecule has 3 heterocycles. The van der Waals surface area contributed by atoms with Gasteiger partial charge < -0.3 is 15.4 Å². The van der Waals surface area contributed by atoms with Gasteiger partial charge in [-0.05, 0) is 12.8 Å². The number of nitrogens with zero attached hydrogens (tertiary/aromatic N) is 4. The summed E-state index contributed by atoms with van der Waals surface area (Å²) in [6.45, 7) is 12.7. The first-order valence-corrected chi connectivity index (χ1v) is 11.4. The van der Waals surface area contributed by atoms with Crippen molar-refractivity contribution in [2.45, 2.75) is 46.2 Å². The molecule has 0 aromatic carbocycles. The molecule has 1 unspecified atom stereocenters. The molecule has 9 heteroatoms. The van der Waals surface area contributed by atoms with Gasteiger partial charge in [0.05, 0.1) is 25.5 Å². The van der Waals surface area contributed by atoms with Crippen LogP contribution >= 0.6 is 35.3 Å². The number of nitrogens with one attached hydrogen (secondary N) is 2. The molecular formula is C20H35IN6OS. The van der Waals surface area contributed by atoms with E-state index in [1.54, 1.807) is 11.3 Å². The summed E-state index contributed by atoms with van der Waals surface area (Å²) in [6, 6.07) is 0.501. The largest absolute Gasteiger partial charge is 0.379 e. The Morgan fingerprint density at radius 3 is 2.66 bits per heavy atom. The van der Waals surface area contributed by atoms with E-state index in [-0.39, 0.29) is 24.0 Å². The minimum atomic E-state index is 0. The average Bonchev–Trinajstić information content (AvgIpc) is 3.31.